The third kappa shape index (κ3) is 0.859. The van der Waals surface area contributed by atoms with Crippen LogP contribution in [-0.2, 0) is 9.53 Å². The molecule has 0 aromatic heterocycles. The minimum Gasteiger partial charge on any atom is -0.375 e. The average Bonchev–Trinajstić information content (AvgIpc) is 2.48. The van der Waals surface area contributed by atoms with Crippen molar-refractivity contribution in [3.8, 4) is 0 Å². The summed E-state index contributed by atoms with van der Waals surface area (Å²) in [7, 11) is 0. The summed E-state index contributed by atoms with van der Waals surface area (Å²) < 4.78 is 5.37. The van der Waals surface area contributed by atoms with Crippen LogP contribution in [0.1, 0.15) is 6.42 Å². The number of likely N-dealkylation sites (tertiary alicyclic amines) is 1. The Morgan fingerprint density at radius 2 is 2.60 bits per heavy atom. The molecule has 56 valence electrons. The minimum absolute atomic E-state index is 0.421. The third-order valence-electron chi connectivity index (χ3n) is 2.32. The topological polar surface area (TPSA) is 29.5 Å². The molecule has 0 N–H and O–H groups in total. The van der Waals surface area contributed by atoms with Gasteiger partial charge in [0.2, 0.25) is 0 Å². The van der Waals surface area contributed by atoms with E-state index in [0.717, 1.165) is 25.9 Å². The molecule has 0 aliphatic carbocycles. The fourth-order valence-corrected chi connectivity index (χ4v) is 1.80. The highest BCUT2D eigenvalue weighted by molar-refractivity contribution is 5.52. The number of morpholine rings is 1. The number of ether oxygens (including phenoxy) is 1. The van der Waals surface area contributed by atoms with E-state index in [0.29, 0.717) is 18.7 Å². The summed E-state index contributed by atoms with van der Waals surface area (Å²) >= 11 is 0. The van der Waals surface area contributed by atoms with Gasteiger partial charge < -0.3 is 9.53 Å². The molecule has 0 saturated carbocycles. The van der Waals surface area contributed by atoms with Crippen molar-refractivity contribution in [2.45, 2.75) is 18.6 Å². The van der Waals surface area contributed by atoms with Gasteiger partial charge in [-0.1, -0.05) is 0 Å². The fraction of sp³-hybridized carbons (Fsp3) is 0.857. The first-order chi connectivity index (χ1) is 4.90. The first-order valence-corrected chi connectivity index (χ1v) is 3.69. The maximum Gasteiger partial charge on any atom is 0.133 e. The minimum atomic E-state index is 0.421. The fourth-order valence-electron chi connectivity index (χ4n) is 1.80. The Morgan fingerprint density at radius 3 is 3.10 bits per heavy atom. The van der Waals surface area contributed by atoms with Gasteiger partial charge >= 0.3 is 0 Å². The van der Waals surface area contributed by atoms with Crippen molar-refractivity contribution in [2.24, 2.45) is 0 Å². The Labute approximate surface area is 60.0 Å². The molecular weight excluding hydrogens is 130 g/mol. The molecule has 0 spiro atoms. The van der Waals surface area contributed by atoms with E-state index in [9.17, 15) is 4.79 Å². The number of carbonyl (C=O) groups is 1. The molecular formula is C7H11NO2. The average molecular weight is 141 g/mol. The normalized spacial score (nSPS) is 38.8. The van der Waals surface area contributed by atoms with Crippen LogP contribution in [0.2, 0.25) is 0 Å². The summed E-state index contributed by atoms with van der Waals surface area (Å²) in [4.78, 5) is 12.4. The molecule has 2 aliphatic rings. The number of carbonyl (C=O) groups excluding carboxylic acids is 1. The van der Waals surface area contributed by atoms with Crippen LogP contribution in [0, 0.1) is 0 Å². The Kier molecular flexibility index (Phi) is 1.47. The largest absolute Gasteiger partial charge is 0.375 e. The molecule has 2 rings (SSSR count). The van der Waals surface area contributed by atoms with E-state index in [-0.39, 0.29) is 0 Å². The molecule has 2 saturated heterocycles. The lowest BCUT2D eigenvalue weighted by Crippen LogP contribution is -2.37. The summed E-state index contributed by atoms with van der Waals surface area (Å²) in [5.74, 6) is 0. The Balaban J connectivity index is 1.95. The van der Waals surface area contributed by atoms with Gasteiger partial charge in [-0.2, -0.15) is 0 Å². The van der Waals surface area contributed by atoms with E-state index >= 15 is 0 Å². The van der Waals surface area contributed by atoms with Gasteiger partial charge in [-0.15, -0.1) is 0 Å². The van der Waals surface area contributed by atoms with E-state index < -0.39 is 0 Å². The molecule has 0 aromatic rings. The van der Waals surface area contributed by atoms with E-state index in [2.05, 4.69) is 4.90 Å². The predicted octanol–water partition coefficient (Wildman–Crippen LogP) is -0.342. The van der Waals surface area contributed by atoms with Crippen molar-refractivity contribution in [1.29, 1.82) is 0 Å². The van der Waals surface area contributed by atoms with Crippen LogP contribution in [0.15, 0.2) is 0 Å². The maximum atomic E-state index is 10.2. The van der Waals surface area contributed by atoms with Crippen LogP contribution in [-0.4, -0.2) is 43.0 Å². The lowest BCUT2D eigenvalue weighted by atomic mass is 10.2. The van der Waals surface area contributed by atoms with Crippen LogP contribution >= 0.6 is 0 Å². The van der Waals surface area contributed by atoms with Gasteiger partial charge in [0.05, 0.1) is 19.3 Å². The smallest absolute Gasteiger partial charge is 0.133 e. The van der Waals surface area contributed by atoms with Gasteiger partial charge in [0, 0.05) is 12.6 Å². The second kappa shape index (κ2) is 2.32. The molecule has 0 aromatic carbocycles. The number of hydrogen-bond donors (Lipinski definition) is 0. The molecule has 2 fully saturated rings. The number of rotatable bonds is 2. The number of nitrogens with zero attached hydrogens (tertiary/aromatic N) is 1. The quantitative estimate of drug-likeness (QED) is 0.493. The summed E-state index contributed by atoms with van der Waals surface area (Å²) in [5, 5.41) is 0. The highest BCUT2D eigenvalue weighted by atomic mass is 16.5. The molecule has 0 radical (unpaired) electrons. The van der Waals surface area contributed by atoms with Crippen LogP contribution < -0.4 is 0 Å². The van der Waals surface area contributed by atoms with E-state index in [4.69, 9.17) is 4.74 Å². The van der Waals surface area contributed by atoms with Gasteiger partial charge in [0.1, 0.15) is 6.29 Å². The molecule has 3 heteroatoms. The van der Waals surface area contributed by atoms with Crippen LogP contribution in [0.5, 0.6) is 0 Å². The second-order valence-electron chi connectivity index (χ2n) is 2.97. The highest BCUT2D eigenvalue weighted by Crippen LogP contribution is 2.26. The monoisotopic (exact) mass is 141 g/mol. The predicted molar refractivity (Wildman–Crippen MR) is 35.8 cm³/mol. The highest BCUT2D eigenvalue weighted by Gasteiger charge is 2.38. The molecule has 0 unspecified atom stereocenters. The van der Waals surface area contributed by atoms with Crippen molar-refractivity contribution in [3.63, 3.8) is 0 Å². The maximum absolute atomic E-state index is 10.2. The van der Waals surface area contributed by atoms with E-state index in [1.165, 1.54) is 0 Å². The molecule has 2 aliphatic heterocycles. The van der Waals surface area contributed by atoms with Gasteiger partial charge in [-0.3, -0.25) is 4.90 Å². The van der Waals surface area contributed by atoms with Crippen LogP contribution in [0.3, 0.4) is 0 Å². The molecule has 0 amide bonds. The molecule has 3 nitrogen and oxygen atoms in total. The van der Waals surface area contributed by atoms with Gasteiger partial charge in [-0.25, -0.2) is 0 Å². The summed E-state index contributed by atoms with van der Waals surface area (Å²) in [5.41, 5.74) is 0. The second-order valence-corrected chi connectivity index (χ2v) is 2.97. The van der Waals surface area contributed by atoms with Crippen LogP contribution in [0.4, 0.5) is 0 Å². The Morgan fingerprint density at radius 1 is 1.70 bits per heavy atom. The lowest BCUT2D eigenvalue weighted by molar-refractivity contribution is -0.109. The van der Waals surface area contributed by atoms with E-state index in [1.54, 1.807) is 0 Å². The van der Waals surface area contributed by atoms with Gasteiger partial charge in [0.15, 0.2) is 0 Å². The summed E-state index contributed by atoms with van der Waals surface area (Å²) in [6.07, 6.45) is 2.53. The SMILES string of the molecule is O=CCN1C[C@@H]2C[C@H]1CO2. The molecule has 10 heavy (non-hydrogen) atoms. The van der Waals surface area contributed by atoms with Crippen molar-refractivity contribution in [1.82, 2.24) is 4.90 Å². The Hall–Kier alpha value is -0.410. The zero-order valence-corrected chi connectivity index (χ0v) is 5.82. The first-order valence-electron chi connectivity index (χ1n) is 3.69. The zero-order valence-electron chi connectivity index (χ0n) is 5.82. The van der Waals surface area contributed by atoms with Crippen molar-refractivity contribution < 1.29 is 9.53 Å². The van der Waals surface area contributed by atoms with Crippen molar-refractivity contribution in [3.05, 3.63) is 0 Å². The number of hydrogen-bond acceptors (Lipinski definition) is 3. The first kappa shape index (κ1) is 6.31. The summed E-state index contributed by atoms with van der Waals surface area (Å²) in [6.45, 7) is 2.38. The molecule has 2 atom stereocenters. The van der Waals surface area contributed by atoms with E-state index in [1.807, 2.05) is 0 Å². The van der Waals surface area contributed by atoms with Gasteiger partial charge in [-0.05, 0) is 6.42 Å². The standard InChI is InChI=1S/C7H11NO2/c9-2-1-8-4-7-3-6(8)5-10-7/h2,6-7H,1,3-5H2/t6-,7-/m0/s1. The van der Waals surface area contributed by atoms with Gasteiger partial charge in [0.25, 0.3) is 0 Å². The third-order valence-corrected chi connectivity index (χ3v) is 2.32. The zero-order chi connectivity index (χ0) is 6.97. The van der Waals surface area contributed by atoms with Crippen LogP contribution in [0.25, 0.3) is 0 Å². The van der Waals surface area contributed by atoms with Crippen molar-refractivity contribution in [2.75, 3.05) is 19.7 Å². The summed E-state index contributed by atoms with van der Waals surface area (Å²) in [6, 6.07) is 0.537. The molecule has 2 bridgehead atoms. The van der Waals surface area contributed by atoms with Crippen molar-refractivity contribution >= 4 is 6.29 Å². The number of fused-ring (bicyclic) bond motifs is 2. The molecule has 2 heterocycles. The Bertz CT molecular complexity index is 149. The number of aldehydes is 1. The lowest BCUT2D eigenvalue weighted by Gasteiger charge is -2.23.